The molecule has 1 aliphatic heterocycles. The fourth-order valence-corrected chi connectivity index (χ4v) is 5.34. The minimum atomic E-state index is -4.47. The molecule has 168 valence electrons. The van der Waals surface area contributed by atoms with Crippen LogP contribution in [0.3, 0.4) is 0 Å². The van der Waals surface area contributed by atoms with Crippen molar-refractivity contribution in [3.05, 3.63) is 59.2 Å². The number of fused-ring (bicyclic) bond motifs is 1. The lowest BCUT2D eigenvalue weighted by molar-refractivity contribution is -0.137. The number of hydrogen-bond donors (Lipinski definition) is 0. The van der Waals surface area contributed by atoms with Crippen molar-refractivity contribution in [3.8, 4) is 0 Å². The zero-order valence-electron chi connectivity index (χ0n) is 17.4. The van der Waals surface area contributed by atoms with E-state index in [1.54, 1.807) is 26.0 Å². The van der Waals surface area contributed by atoms with Gasteiger partial charge in [-0.1, -0.05) is 32.0 Å². The number of nitrogens with zero attached hydrogens (tertiary/aromatic N) is 2. The second-order valence-electron chi connectivity index (χ2n) is 7.40. The maximum Gasteiger partial charge on any atom is 0.416 e. The standard InChI is InChI=1S/C22H25F3N2O3S/c1-3-26(4-2)31(29,30)19-10-11-20-17(15-19)8-6-12-27(20)21(28)14-16-7-5-9-18(13-16)22(23,24)25/h5,7,9-11,13,15H,3-4,6,8,12,14H2,1-2H3. The summed E-state index contributed by atoms with van der Waals surface area (Å²) < 4.78 is 65.8. The molecule has 0 unspecified atom stereocenters. The summed E-state index contributed by atoms with van der Waals surface area (Å²) in [6.45, 7) is 4.70. The number of hydrogen-bond acceptors (Lipinski definition) is 3. The summed E-state index contributed by atoms with van der Waals surface area (Å²) in [7, 11) is -3.62. The van der Waals surface area contributed by atoms with Gasteiger partial charge in [-0.25, -0.2) is 8.42 Å². The molecule has 2 aromatic carbocycles. The van der Waals surface area contributed by atoms with E-state index < -0.39 is 21.8 Å². The van der Waals surface area contributed by atoms with Crippen molar-refractivity contribution in [1.82, 2.24) is 4.31 Å². The third-order valence-electron chi connectivity index (χ3n) is 5.42. The van der Waals surface area contributed by atoms with Gasteiger partial charge in [0.2, 0.25) is 15.9 Å². The summed E-state index contributed by atoms with van der Waals surface area (Å²) in [6.07, 6.45) is -3.35. The Morgan fingerprint density at radius 2 is 1.81 bits per heavy atom. The van der Waals surface area contributed by atoms with Gasteiger partial charge in [0.05, 0.1) is 16.9 Å². The van der Waals surface area contributed by atoms with Crippen molar-refractivity contribution in [1.29, 1.82) is 0 Å². The molecule has 2 aromatic rings. The number of amides is 1. The van der Waals surface area contributed by atoms with Crippen LogP contribution in [-0.2, 0) is 33.8 Å². The molecular weight excluding hydrogens is 429 g/mol. The maximum atomic E-state index is 13.0. The van der Waals surface area contributed by atoms with E-state index in [9.17, 15) is 26.4 Å². The first kappa shape index (κ1) is 23.3. The fourth-order valence-electron chi connectivity index (χ4n) is 3.83. The molecule has 0 aliphatic carbocycles. The molecule has 0 bridgehead atoms. The Bertz CT molecular complexity index is 1060. The highest BCUT2D eigenvalue weighted by Gasteiger charge is 2.31. The lowest BCUT2D eigenvalue weighted by atomic mass is 10.0. The van der Waals surface area contributed by atoms with Gasteiger partial charge in [0.25, 0.3) is 0 Å². The van der Waals surface area contributed by atoms with Gasteiger partial charge < -0.3 is 4.90 Å². The smallest absolute Gasteiger partial charge is 0.312 e. The molecule has 0 saturated carbocycles. The van der Waals surface area contributed by atoms with Crippen molar-refractivity contribution in [3.63, 3.8) is 0 Å². The van der Waals surface area contributed by atoms with Gasteiger partial charge in [-0.2, -0.15) is 17.5 Å². The number of aryl methyl sites for hydroxylation is 1. The van der Waals surface area contributed by atoms with Gasteiger partial charge in [-0.3, -0.25) is 4.79 Å². The number of benzene rings is 2. The molecule has 31 heavy (non-hydrogen) atoms. The molecule has 0 aromatic heterocycles. The quantitative estimate of drug-likeness (QED) is 0.656. The van der Waals surface area contributed by atoms with Crippen LogP contribution in [0.15, 0.2) is 47.4 Å². The highest BCUT2D eigenvalue weighted by molar-refractivity contribution is 7.89. The van der Waals surface area contributed by atoms with E-state index in [4.69, 9.17) is 0 Å². The molecular formula is C22H25F3N2O3S. The van der Waals surface area contributed by atoms with E-state index in [0.717, 1.165) is 17.7 Å². The molecule has 0 saturated heterocycles. The zero-order valence-corrected chi connectivity index (χ0v) is 18.3. The predicted octanol–water partition coefficient (Wildman–Crippen LogP) is 4.26. The molecule has 1 heterocycles. The van der Waals surface area contributed by atoms with Gasteiger partial charge in [0.1, 0.15) is 0 Å². The summed E-state index contributed by atoms with van der Waals surface area (Å²) >= 11 is 0. The number of sulfonamides is 1. The minimum absolute atomic E-state index is 0.164. The number of carbonyl (C=O) groups is 1. The average molecular weight is 455 g/mol. The van der Waals surface area contributed by atoms with Gasteiger partial charge in [-0.05, 0) is 48.2 Å². The van der Waals surface area contributed by atoms with Crippen LogP contribution in [0.2, 0.25) is 0 Å². The Morgan fingerprint density at radius 3 is 2.45 bits per heavy atom. The molecule has 5 nitrogen and oxygen atoms in total. The summed E-state index contributed by atoms with van der Waals surface area (Å²) in [5.74, 6) is -0.320. The number of carbonyl (C=O) groups excluding carboxylic acids is 1. The van der Waals surface area contributed by atoms with Crippen LogP contribution in [0.1, 0.15) is 37.0 Å². The van der Waals surface area contributed by atoms with E-state index in [1.165, 1.54) is 27.4 Å². The third-order valence-corrected chi connectivity index (χ3v) is 7.47. The Kier molecular flexibility index (Phi) is 6.76. The molecule has 1 amide bonds. The zero-order chi connectivity index (χ0) is 22.8. The molecule has 3 rings (SSSR count). The first-order valence-electron chi connectivity index (χ1n) is 10.2. The molecule has 1 aliphatic rings. The van der Waals surface area contributed by atoms with Crippen LogP contribution in [0.25, 0.3) is 0 Å². The van der Waals surface area contributed by atoms with Crippen LogP contribution in [0, 0.1) is 0 Å². The Labute approximate surface area is 180 Å². The Balaban J connectivity index is 1.86. The summed E-state index contributed by atoms with van der Waals surface area (Å²) in [5, 5.41) is 0. The molecule has 0 N–H and O–H groups in total. The van der Waals surface area contributed by atoms with E-state index in [2.05, 4.69) is 0 Å². The average Bonchev–Trinajstić information content (AvgIpc) is 2.73. The van der Waals surface area contributed by atoms with Crippen LogP contribution >= 0.6 is 0 Å². The second-order valence-corrected chi connectivity index (χ2v) is 9.34. The summed E-state index contributed by atoms with van der Waals surface area (Å²) in [4.78, 5) is 14.6. The van der Waals surface area contributed by atoms with Gasteiger partial charge >= 0.3 is 6.18 Å². The summed E-state index contributed by atoms with van der Waals surface area (Å²) in [6, 6.07) is 9.46. The molecule has 0 radical (unpaired) electrons. The molecule has 0 spiro atoms. The minimum Gasteiger partial charge on any atom is -0.312 e. The van der Waals surface area contributed by atoms with E-state index in [-0.39, 0.29) is 22.8 Å². The number of rotatable bonds is 6. The lowest BCUT2D eigenvalue weighted by Gasteiger charge is -2.30. The molecule has 0 atom stereocenters. The molecule has 0 fully saturated rings. The first-order chi connectivity index (χ1) is 14.6. The van der Waals surface area contributed by atoms with Crippen molar-refractivity contribution in [2.24, 2.45) is 0 Å². The lowest BCUT2D eigenvalue weighted by Crippen LogP contribution is -2.37. The van der Waals surface area contributed by atoms with Crippen molar-refractivity contribution >= 4 is 21.6 Å². The van der Waals surface area contributed by atoms with Gasteiger partial charge in [-0.15, -0.1) is 0 Å². The SMILES string of the molecule is CCN(CC)S(=O)(=O)c1ccc2c(c1)CCCN2C(=O)Cc1cccc(C(F)(F)F)c1. The van der Waals surface area contributed by atoms with Gasteiger partial charge in [0, 0.05) is 25.3 Å². The monoisotopic (exact) mass is 454 g/mol. The molecule has 9 heteroatoms. The fraction of sp³-hybridized carbons (Fsp3) is 0.409. The Hall–Kier alpha value is -2.39. The normalized spacial score (nSPS) is 14.6. The van der Waals surface area contributed by atoms with Crippen LogP contribution in [0.4, 0.5) is 18.9 Å². The highest BCUT2D eigenvalue weighted by atomic mass is 32.2. The van der Waals surface area contributed by atoms with E-state index in [0.29, 0.717) is 38.2 Å². The topological polar surface area (TPSA) is 57.7 Å². The van der Waals surface area contributed by atoms with Gasteiger partial charge in [0.15, 0.2) is 0 Å². The first-order valence-corrected chi connectivity index (χ1v) is 11.6. The third kappa shape index (κ3) is 4.93. The van der Waals surface area contributed by atoms with E-state index >= 15 is 0 Å². The number of halogens is 3. The second kappa shape index (κ2) is 9.00. The Morgan fingerprint density at radius 1 is 1.10 bits per heavy atom. The maximum absolute atomic E-state index is 13.0. The number of alkyl halides is 3. The van der Waals surface area contributed by atoms with Crippen LogP contribution < -0.4 is 4.90 Å². The van der Waals surface area contributed by atoms with Crippen LogP contribution in [-0.4, -0.2) is 38.3 Å². The van der Waals surface area contributed by atoms with Crippen LogP contribution in [0.5, 0.6) is 0 Å². The van der Waals surface area contributed by atoms with Crippen molar-refractivity contribution in [2.45, 2.75) is 44.2 Å². The highest BCUT2D eigenvalue weighted by Crippen LogP contribution is 2.32. The number of anilines is 1. The van der Waals surface area contributed by atoms with Crippen molar-refractivity contribution in [2.75, 3.05) is 24.5 Å². The largest absolute Gasteiger partial charge is 0.416 e. The predicted molar refractivity (Wildman–Crippen MR) is 112 cm³/mol. The van der Waals surface area contributed by atoms with Crippen molar-refractivity contribution < 1.29 is 26.4 Å². The summed E-state index contributed by atoms with van der Waals surface area (Å²) in [5.41, 5.74) is 0.856. The van der Waals surface area contributed by atoms with E-state index in [1.807, 2.05) is 0 Å².